The Labute approximate surface area is 149 Å². The number of para-hydroxylation sites is 1. The van der Waals surface area contributed by atoms with E-state index in [1.807, 2.05) is 48.5 Å². The number of hydrogen-bond donors (Lipinski definition) is 1. The summed E-state index contributed by atoms with van der Waals surface area (Å²) < 4.78 is 2.09. The third-order valence-electron chi connectivity index (χ3n) is 5.23. The molecule has 26 heavy (non-hydrogen) atoms. The average Bonchev–Trinajstić information content (AvgIpc) is 3.38. The fraction of sp³-hybridized carbons (Fsp3) is 0.263. The molecular weight excluding hydrogens is 328 g/mol. The number of carbonyl (C=O) groups is 1. The Hall–Kier alpha value is -3.22. The highest BCUT2D eigenvalue weighted by atomic mass is 16.2. The number of benzene rings is 1. The van der Waals surface area contributed by atoms with Crippen LogP contribution in [0, 0.1) is 0 Å². The van der Waals surface area contributed by atoms with Crippen molar-refractivity contribution in [3.63, 3.8) is 0 Å². The second-order valence-electron chi connectivity index (χ2n) is 6.75. The topological polar surface area (TPSA) is 79.7 Å². The van der Waals surface area contributed by atoms with Crippen LogP contribution < -0.4 is 0 Å². The van der Waals surface area contributed by atoms with E-state index in [-0.39, 0.29) is 11.8 Å². The van der Waals surface area contributed by atoms with Crippen LogP contribution in [0.5, 0.6) is 0 Å². The number of aryl methyl sites for hydroxylation is 1. The average molecular weight is 346 g/mol. The molecule has 3 aromatic heterocycles. The minimum atomic E-state index is -0.0228. The van der Waals surface area contributed by atoms with E-state index in [0.29, 0.717) is 18.8 Å². The molecule has 1 amide bonds. The number of nitrogens with zero attached hydrogens (tertiary/aromatic N) is 5. The number of rotatable bonds is 2. The van der Waals surface area contributed by atoms with E-state index >= 15 is 0 Å². The van der Waals surface area contributed by atoms with E-state index in [4.69, 9.17) is 4.98 Å². The van der Waals surface area contributed by atoms with Gasteiger partial charge < -0.3 is 9.47 Å². The van der Waals surface area contributed by atoms with Crippen LogP contribution in [0.1, 0.15) is 28.7 Å². The third kappa shape index (κ3) is 2.20. The van der Waals surface area contributed by atoms with Crippen molar-refractivity contribution in [1.29, 1.82) is 0 Å². The quantitative estimate of drug-likeness (QED) is 0.605. The number of nitrogens with one attached hydrogen (secondary N) is 1. The van der Waals surface area contributed by atoms with Crippen LogP contribution in [-0.4, -0.2) is 48.6 Å². The summed E-state index contributed by atoms with van der Waals surface area (Å²) in [4.78, 5) is 23.8. The minimum Gasteiger partial charge on any atom is -0.336 e. The number of hydrogen-bond acceptors (Lipinski definition) is 4. The maximum Gasteiger partial charge on any atom is 0.275 e. The molecule has 0 aliphatic carbocycles. The van der Waals surface area contributed by atoms with Crippen LogP contribution in [0.2, 0.25) is 0 Å². The molecule has 5 rings (SSSR count). The van der Waals surface area contributed by atoms with Gasteiger partial charge in [0.25, 0.3) is 5.91 Å². The molecule has 1 aromatic carbocycles. The lowest BCUT2D eigenvalue weighted by atomic mass is 10.1. The van der Waals surface area contributed by atoms with Gasteiger partial charge in [-0.2, -0.15) is 5.10 Å². The normalized spacial score (nSPS) is 17.4. The van der Waals surface area contributed by atoms with Crippen LogP contribution in [0.25, 0.3) is 21.9 Å². The smallest absolute Gasteiger partial charge is 0.275 e. The molecular formula is C19H18N6O. The van der Waals surface area contributed by atoms with E-state index in [2.05, 4.69) is 19.7 Å². The Bertz CT molecular complexity index is 1130. The molecule has 1 aliphatic rings. The fourth-order valence-electron chi connectivity index (χ4n) is 3.85. The van der Waals surface area contributed by atoms with E-state index in [0.717, 1.165) is 34.2 Å². The molecule has 7 nitrogen and oxygen atoms in total. The Morgan fingerprint density at radius 3 is 3.04 bits per heavy atom. The van der Waals surface area contributed by atoms with Crippen LogP contribution in [-0.2, 0) is 7.05 Å². The first-order valence-electron chi connectivity index (χ1n) is 8.71. The zero-order valence-corrected chi connectivity index (χ0v) is 14.4. The van der Waals surface area contributed by atoms with Gasteiger partial charge in [0, 0.05) is 37.6 Å². The number of aromatic nitrogens is 5. The summed E-state index contributed by atoms with van der Waals surface area (Å²) in [6, 6.07) is 9.64. The van der Waals surface area contributed by atoms with Crippen molar-refractivity contribution in [1.82, 2.24) is 29.6 Å². The number of pyridine rings is 1. The van der Waals surface area contributed by atoms with Gasteiger partial charge in [0.15, 0.2) is 5.69 Å². The van der Waals surface area contributed by atoms with Crippen molar-refractivity contribution >= 4 is 27.8 Å². The molecule has 4 heterocycles. The van der Waals surface area contributed by atoms with Gasteiger partial charge in [0.2, 0.25) is 0 Å². The lowest BCUT2D eigenvalue weighted by Crippen LogP contribution is -2.29. The first-order chi connectivity index (χ1) is 12.7. The summed E-state index contributed by atoms with van der Waals surface area (Å²) in [6.45, 7) is 1.37. The number of carbonyl (C=O) groups excluding carboxylic acids is 1. The zero-order chi connectivity index (χ0) is 17.7. The highest BCUT2D eigenvalue weighted by Crippen LogP contribution is 2.30. The van der Waals surface area contributed by atoms with Gasteiger partial charge in [0.05, 0.1) is 22.7 Å². The number of imidazole rings is 1. The number of aromatic amines is 1. The summed E-state index contributed by atoms with van der Waals surface area (Å²) in [5.41, 5.74) is 3.34. The van der Waals surface area contributed by atoms with Crippen molar-refractivity contribution in [2.24, 2.45) is 7.05 Å². The monoisotopic (exact) mass is 346 g/mol. The molecule has 130 valence electrons. The second kappa shape index (κ2) is 5.66. The first kappa shape index (κ1) is 15.1. The third-order valence-corrected chi connectivity index (χ3v) is 5.23. The van der Waals surface area contributed by atoms with E-state index in [1.165, 1.54) is 0 Å². The SMILES string of the molecule is Cn1c(C2CCN(C(=O)c3n[nH]c4ccccc34)C2)nc2ccncc21. The maximum atomic E-state index is 13.0. The highest BCUT2D eigenvalue weighted by Gasteiger charge is 2.32. The summed E-state index contributed by atoms with van der Waals surface area (Å²) in [5, 5.41) is 8.06. The van der Waals surface area contributed by atoms with Crippen molar-refractivity contribution in [2.75, 3.05) is 13.1 Å². The molecule has 4 aromatic rings. The van der Waals surface area contributed by atoms with E-state index in [1.54, 1.807) is 6.20 Å². The number of likely N-dealkylation sites (tertiary alicyclic amines) is 1. The molecule has 1 unspecified atom stereocenters. The summed E-state index contributed by atoms with van der Waals surface area (Å²) in [7, 11) is 2.01. The maximum absolute atomic E-state index is 13.0. The molecule has 7 heteroatoms. The van der Waals surface area contributed by atoms with Crippen LogP contribution >= 0.6 is 0 Å². The van der Waals surface area contributed by atoms with Gasteiger partial charge in [-0.1, -0.05) is 18.2 Å². The molecule has 1 aliphatic heterocycles. The summed E-state index contributed by atoms with van der Waals surface area (Å²) in [5.74, 6) is 1.21. The first-order valence-corrected chi connectivity index (χ1v) is 8.71. The van der Waals surface area contributed by atoms with Gasteiger partial charge in [-0.3, -0.25) is 14.9 Å². The Balaban J connectivity index is 1.43. The van der Waals surface area contributed by atoms with Crippen molar-refractivity contribution in [3.05, 3.63) is 54.2 Å². The lowest BCUT2D eigenvalue weighted by Gasteiger charge is -2.15. The van der Waals surface area contributed by atoms with Gasteiger partial charge >= 0.3 is 0 Å². The summed E-state index contributed by atoms with van der Waals surface area (Å²) >= 11 is 0. The molecule has 0 bridgehead atoms. The predicted octanol–water partition coefficient (Wildman–Crippen LogP) is 2.47. The van der Waals surface area contributed by atoms with Gasteiger partial charge in [0.1, 0.15) is 5.82 Å². The molecule has 1 fully saturated rings. The molecule has 0 radical (unpaired) electrons. The molecule has 1 saturated heterocycles. The Kier molecular flexibility index (Phi) is 3.28. The zero-order valence-electron chi connectivity index (χ0n) is 14.4. The molecule has 0 saturated carbocycles. The van der Waals surface area contributed by atoms with Gasteiger partial charge in [-0.25, -0.2) is 4.98 Å². The fourth-order valence-corrected chi connectivity index (χ4v) is 3.85. The standard InChI is InChI=1S/C19H18N6O/c1-24-16-10-20-8-6-15(16)21-18(24)12-7-9-25(11-12)19(26)17-13-4-2-3-5-14(13)22-23-17/h2-6,8,10,12H,7,9,11H2,1H3,(H,22,23). The minimum absolute atomic E-state index is 0.0228. The predicted molar refractivity (Wildman–Crippen MR) is 97.9 cm³/mol. The number of amides is 1. The van der Waals surface area contributed by atoms with Crippen LogP contribution in [0.4, 0.5) is 0 Å². The molecule has 0 spiro atoms. The Morgan fingerprint density at radius 2 is 2.15 bits per heavy atom. The lowest BCUT2D eigenvalue weighted by molar-refractivity contribution is 0.0786. The summed E-state index contributed by atoms with van der Waals surface area (Å²) in [6.07, 6.45) is 4.49. The second-order valence-corrected chi connectivity index (χ2v) is 6.75. The number of H-pyrrole nitrogens is 1. The number of fused-ring (bicyclic) bond motifs is 2. The van der Waals surface area contributed by atoms with E-state index < -0.39 is 0 Å². The molecule has 1 N–H and O–H groups in total. The van der Waals surface area contributed by atoms with Crippen LogP contribution in [0.15, 0.2) is 42.7 Å². The highest BCUT2D eigenvalue weighted by molar-refractivity contribution is 6.04. The molecule has 1 atom stereocenters. The van der Waals surface area contributed by atoms with E-state index in [9.17, 15) is 4.79 Å². The van der Waals surface area contributed by atoms with Gasteiger partial charge in [-0.05, 0) is 18.6 Å². The largest absolute Gasteiger partial charge is 0.336 e. The van der Waals surface area contributed by atoms with Crippen LogP contribution in [0.3, 0.4) is 0 Å². The van der Waals surface area contributed by atoms with Gasteiger partial charge in [-0.15, -0.1) is 0 Å². The van der Waals surface area contributed by atoms with Crippen molar-refractivity contribution < 1.29 is 4.79 Å². The van der Waals surface area contributed by atoms with Crippen molar-refractivity contribution in [2.45, 2.75) is 12.3 Å². The van der Waals surface area contributed by atoms with Crippen molar-refractivity contribution in [3.8, 4) is 0 Å². The Morgan fingerprint density at radius 1 is 1.27 bits per heavy atom.